The van der Waals surface area contributed by atoms with E-state index in [0.29, 0.717) is 44.0 Å². The highest BCUT2D eigenvalue weighted by atomic mass is 16.7. The second-order valence-corrected chi connectivity index (χ2v) is 20.3. The third-order valence-electron chi connectivity index (χ3n) is 16.4. The van der Waals surface area contributed by atoms with Crippen molar-refractivity contribution in [3.8, 4) is 0 Å². The lowest BCUT2D eigenvalue weighted by molar-refractivity contribution is -0.301. The third-order valence-corrected chi connectivity index (χ3v) is 16.4. The Bertz CT molecular complexity index is 1890. The van der Waals surface area contributed by atoms with E-state index in [2.05, 4.69) is 11.8 Å². The van der Waals surface area contributed by atoms with E-state index in [1.165, 1.54) is 20.8 Å². The Morgan fingerprint density at radius 1 is 0.875 bits per heavy atom. The predicted molar refractivity (Wildman–Crippen MR) is 219 cm³/mol. The van der Waals surface area contributed by atoms with Crippen molar-refractivity contribution < 1.29 is 88.2 Å². The molecule has 0 amide bonds. The van der Waals surface area contributed by atoms with Crippen LogP contribution < -0.4 is 0 Å². The highest BCUT2D eigenvalue weighted by Gasteiger charge is 2.90. The predicted octanol–water partition coefficient (Wildman–Crippen LogP) is 1.32. The summed E-state index contributed by atoms with van der Waals surface area (Å²) in [6, 6.07) is -0.309. The first-order valence-corrected chi connectivity index (χ1v) is 22.5. The summed E-state index contributed by atoms with van der Waals surface area (Å²) in [4.78, 5) is 74.7. The van der Waals surface area contributed by atoms with Crippen LogP contribution in [0.3, 0.4) is 0 Å². The van der Waals surface area contributed by atoms with Crippen molar-refractivity contribution in [3.05, 3.63) is 12.2 Å². The maximum Gasteiger partial charge on any atom is 0.338 e. The molecule has 3 aliphatic heterocycles. The number of aliphatic hydroxyl groups excluding tert-OH is 1. The zero-order valence-electron chi connectivity index (χ0n) is 38.1. The lowest BCUT2D eigenvalue weighted by atomic mass is 9.48. The van der Waals surface area contributed by atoms with Gasteiger partial charge < -0.3 is 59.4 Å². The summed E-state index contributed by atoms with van der Waals surface area (Å²) < 4.78 is 31.3. The standard InChI is InChI=1S/C41H63NO14.C4H4O4/c1-10-20(4)34(46)55-33-28(45)27-23(18-42-17-19(3)12-13-25(42)38(27,9)49)24-16-39-32(40(24,33)50)30(53-22(6)44)29(52-21(5)43)31-36(39,7)15-14-26(41(31,51)56-39)54-35(47)37(8,48)11-2;5-3(6)1-2-4(7)8/h19-20,23-33,45,48-51H,10-18H2,1-9H3;1-2H,(H,5,6)(H,7,8)/b;2-1-/t19-,20+,23-,24-,25-,26-,27+,28+,29-,30+,31-,32+,33-,36-,37-,38+,39+,40-,41-;/m0./s1. The van der Waals surface area contributed by atoms with Gasteiger partial charge in [-0.3, -0.25) is 19.3 Å². The molecule has 19 nitrogen and oxygen atoms in total. The van der Waals surface area contributed by atoms with Crippen LogP contribution in [-0.2, 0) is 52.5 Å². The quantitative estimate of drug-likeness (QED) is 0.0924. The first-order valence-electron chi connectivity index (χ1n) is 22.5. The van der Waals surface area contributed by atoms with Crippen molar-refractivity contribution in [2.24, 2.45) is 46.8 Å². The summed E-state index contributed by atoms with van der Waals surface area (Å²) in [7, 11) is 0. The molecule has 3 heterocycles. The van der Waals surface area contributed by atoms with Gasteiger partial charge in [0.2, 0.25) is 5.79 Å². The minimum absolute atomic E-state index is 0.0107. The van der Waals surface area contributed by atoms with Crippen LogP contribution in [0.25, 0.3) is 0 Å². The number of carbonyl (C=O) groups excluding carboxylic acids is 4. The van der Waals surface area contributed by atoms with Crippen molar-refractivity contribution in [3.63, 3.8) is 0 Å². The average Bonchev–Trinajstić information content (AvgIpc) is 3.49. The molecule has 4 aliphatic carbocycles. The molecule has 360 valence electrons. The lowest BCUT2D eigenvalue weighted by Crippen LogP contribution is -2.78. The molecular weight excluding hydrogens is 842 g/mol. The Labute approximate surface area is 372 Å². The Balaban J connectivity index is 0.000000776. The van der Waals surface area contributed by atoms with Gasteiger partial charge in [-0.05, 0) is 76.5 Å². The van der Waals surface area contributed by atoms with Gasteiger partial charge >= 0.3 is 35.8 Å². The zero-order valence-corrected chi connectivity index (χ0v) is 38.1. The molecule has 0 aromatic carbocycles. The molecule has 4 saturated carbocycles. The molecule has 7 N–H and O–H groups in total. The molecule has 0 radical (unpaired) electrons. The van der Waals surface area contributed by atoms with Gasteiger partial charge in [0.05, 0.1) is 35.1 Å². The van der Waals surface area contributed by atoms with Crippen LogP contribution in [0, 0.1) is 46.8 Å². The van der Waals surface area contributed by atoms with E-state index >= 15 is 0 Å². The average molecular weight is 910 g/mol. The highest BCUT2D eigenvalue weighted by molar-refractivity contribution is 5.89. The van der Waals surface area contributed by atoms with E-state index < -0.39 is 135 Å². The molecule has 0 aromatic heterocycles. The molecular formula is C45H67NO18. The highest BCUT2D eigenvalue weighted by Crippen LogP contribution is 2.78. The number of aliphatic hydroxyl groups is 5. The van der Waals surface area contributed by atoms with Gasteiger partial charge in [0.1, 0.15) is 17.8 Å². The normalized spacial score (nSPS) is 45.4. The van der Waals surface area contributed by atoms with E-state index in [0.717, 1.165) is 6.42 Å². The summed E-state index contributed by atoms with van der Waals surface area (Å²) in [6.07, 6.45) is -4.19. The molecule has 0 unspecified atom stereocenters. The van der Waals surface area contributed by atoms with Crippen LogP contribution in [-0.4, -0.2) is 154 Å². The number of carboxylic acids is 2. The van der Waals surface area contributed by atoms with Crippen LogP contribution in [0.2, 0.25) is 0 Å². The molecule has 0 aromatic rings. The lowest BCUT2D eigenvalue weighted by Gasteiger charge is -2.64. The number of rotatable bonds is 10. The van der Waals surface area contributed by atoms with Crippen LogP contribution in [0.15, 0.2) is 12.2 Å². The van der Waals surface area contributed by atoms with Gasteiger partial charge in [-0.15, -0.1) is 0 Å². The van der Waals surface area contributed by atoms with E-state index in [9.17, 15) is 54.3 Å². The van der Waals surface area contributed by atoms with Crippen molar-refractivity contribution >= 4 is 35.8 Å². The molecule has 19 atom stereocenters. The fraction of sp³-hybridized carbons (Fsp3) is 0.822. The van der Waals surface area contributed by atoms with E-state index in [-0.39, 0.29) is 31.7 Å². The van der Waals surface area contributed by atoms with Crippen LogP contribution in [0.1, 0.15) is 107 Å². The smallest absolute Gasteiger partial charge is 0.338 e. The summed E-state index contributed by atoms with van der Waals surface area (Å²) in [5.41, 5.74) is -8.37. The van der Waals surface area contributed by atoms with E-state index in [1.807, 2.05) is 13.8 Å². The van der Waals surface area contributed by atoms with Crippen LogP contribution >= 0.6 is 0 Å². The van der Waals surface area contributed by atoms with Gasteiger partial charge in [0.15, 0.2) is 17.8 Å². The summed E-state index contributed by atoms with van der Waals surface area (Å²) in [5.74, 6) is -13.3. The molecule has 7 fully saturated rings. The number of aliphatic carboxylic acids is 2. The molecule has 7 rings (SSSR count). The summed E-state index contributed by atoms with van der Waals surface area (Å²) >= 11 is 0. The zero-order chi connectivity index (χ0) is 47.9. The number of piperidine rings is 2. The van der Waals surface area contributed by atoms with Gasteiger partial charge in [0.25, 0.3) is 0 Å². The van der Waals surface area contributed by atoms with E-state index in [4.69, 9.17) is 33.9 Å². The fourth-order valence-corrected chi connectivity index (χ4v) is 13.3. The molecule has 7 aliphatic rings. The van der Waals surface area contributed by atoms with Gasteiger partial charge in [-0.25, -0.2) is 14.4 Å². The number of hydrogen-bond donors (Lipinski definition) is 7. The maximum atomic E-state index is 13.9. The monoisotopic (exact) mass is 909 g/mol. The molecule has 3 saturated heterocycles. The largest absolute Gasteiger partial charge is 0.478 e. The summed E-state index contributed by atoms with van der Waals surface area (Å²) in [6.45, 7) is 15.5. The van der Waals surface area contributed by atoms with Crippen LogP contribution in [0.5, 0.6) is 0 Å². The molecule has 19 heteroatoms. The molecule has 4 bridgehead atoms. The second-order valence-electron chi connectivity index (χ2n) is 20.3. The second kappa shape index (κ2) is 17.2. The van der Waals surface area contributed by atoms with Crippen molar-refractivity contribution in [1.29, 1.82) is 0 Å². The van der Waals surface area contributed by atoms with E-state index in [1.54, 1.807) is 20.8 Å². The van der Waals surface area contributed by atoms with Gasteiger partial charge in [-0.1, -0.05) is 34.6 Å². The maximum absolute atomic E-state index is 13.9. The number of nitrogens with zero attached hydrogens (tertiary/aromatic N) is 1. The topological polar surface area (TPSA) is 293 Å². The number of hydrogen-bond acceptors (Lipinski definition) is 17. The number of carboxylic acid groups (broad SMARTS) is 2. The fourth-order valence-electron chi connectivity index (χ4n) is 13.3. The van der Waals surface area contributed by atoms with Crippen molar-refractivity contribution in [1.82, 2.24) is 4.90 Å². The Hall–Kier alpha value is -3.72. The first kappa shape index (κ1) is 49.7. The van der Waals surface area contributed by atoms with Crippen molar-refractivity contribution in [2.45, 2.75) is 172 Å². The number of ether oxygens (including phenoxy) is 5. The third kappa shape index (κ3) is 7.73. The number of esters is 4. The Kier molecular flexibility index (Phi) is 13.3. The van der Waals surface area contributed by atoms with Crippen molar-refractivity contribution in [2.75, 3.05) is 13.1 Å². The van der Waals surface area contributed by atoms with Gasteiger partial charge in [0, 0.05) is 56.5 Å². The van der Waals surface area contributed by atoms with Gasteiger partial charge in [-0.2, -0.15) is 0 Å². The Morgan fingerprint density at radius 3 is 1.98 bits per heavy atom. The molecule has 64 heavy (non-hydrogen) atoms. The number of fused-ring (bicyclic) bond motifs is 5. The number of carbonyl (C=O) groups is 6. The molecule has 1 spiro atoms. The van der Waals surface area contributed by atoms with Crippen LogP contribution in [0.4, 0.5) is 0 Å². The SMILES string of the molecule is CC[C@@H](C)C(=O)O[C@H]1[C@H](O)[C@H]2[C@@H](CN3C[C@@H](C)CC[C@H]3[C@@]2(C)O)[C@@H]2C[C@]34O[C@@]5(O)[C@@H](OC(=O)[C@@](C)(O)CC)CC[C@@]3(C)[C@@H]5[C@@H](OC(C)=O)[C@@H](OC(C)=O)[C@H]4[C@@]21O.O=C(O)/C=C\C(=O)O. The summed E-state index contributed by atoms with van der Waals surface area (Å²) in [5, 5.41) is 78.6. The Morgan fingerprint density at radius 2 is 1.45 bits per heavy atom. The minimum Gasteiger partial charge on any atom is -0.478 e. The first-order chi connectivity index (χ1) is 29.6. The minimum atomic E-state index is -2.38.